The largest absolute Gasteiger partial charge is 0.394 e. The van der Waals surface area contributed by atoms with E-state index in [4.69, 9.17) is 27.4 Å². The van der Waals surface area contributed by atoms with Crippen molar-refractivity contribution >= 4 is 17.8 Å². The summed E-state index contributed by atoms with van der Waals surface area (Å²) in [7, 11) is 0. The van der Waals surface area contributed by atoms with E-state index >= 15 is 0 Å². The van der Waals surface area contributed by atoms with Crippen molar-refractivity contribution in [1.29, 1.82) is 0 Å². The summed E-state index contributed by atoms with van der Waals surface area (Å²) < 4.78 is 6.29. The quantitative estimate of drug-likeness (QED) is 0.593. The number of ether oxygens (including phenoxy) is 1. The highest BCUT2D eigenvalue weighted by molar-refractivity contribution is 6.21. The van der Waals surface area contributed by atoms with E-state index in [1.165, 1.54) is 4.90 Å². The van der Waals surface area contributed by atoms with Gasteiger partial charge >= 0.3 is 6.03 Å². The lowest BCUT2D eigenvalue weighted by atomic mass is 10.1. The fourth-order valence-corrected chi connectivity index (χ4v) is 2.26. The first kappa shape index (κ1) is 13.6. The van der Waals surface area contributed by atoms with Crippen LogP contribution in [0.5, 0.6) is 0 Å². The first-order valence-corrected chi connectivity index (χ1v) is 5.95. The maximum Gasteiger partial charge on any atom is 0.342 e. The van der Waals surface area contributed by atoms with Gasteiger partial charge in [0.1, 0.15) is 18.5 Å². The molecule has 7 nitrogen and oxygen atoms in total. The third kappa shape index (κ3) is 2.19. The van der Waals surface area contributed by atoms with Crippen molar-refractivity contribution in [2.75, 3.05) is 6.61 Å². The zero-order chi connectivity index (χ0) is 13.4. The predicted molar refractivity (Wildman–Crippen MR) is 63.0 cm³/mol. The second kappa shape index (κ2) is 5.02. The number of halogens is 1. The Morgan fingerprint density at radius 3 is 2.89 bits per heavy atom. The Labute approximate surface area is 109 Å². The number of hydrogen-bond acceptors (Lipinski definition) is 5. The molecule has 1 unspecified atom stereocenters. The van der Waals surface area contributed by atoms with E-state index in [2.05, 4.69) is 0 Å². The van der Waals surface area contributed by atoms with Crippen LogP contribution < -0.4 is 5.73 Å². The van der Waals surface area contributed by atoms with Crippen LogP contribution in [0.15, 0.2) is 11.8 Å². The number of urea groups is 1. The van der Waals surface area contributed by atoms with Gasteiger partial charge in [-0.25, -0.2) is 9.21 Å². The van der Waals surface area contributed by atoms with Gasteiger partial charge in [0.25, 0.3) is 0 Å². The van der Waals surface area contributed by atoms with Crippen LogP contribution in [-0.4, -0.2) is 56.8 Å². The summed E-state index contributed by atoms with van der Waals surface area (Å²) in [6.07, 6.45) is -1.02. The maximum atomic E-state index is 11.9. The Kier molecular flexibility index (Phi) is 3.79. The summed E-state index contributed by atoms with van der Waals surface area (Å²) in [6.45, 7) is 1.45. The van der Waals surface area contributed by atoms with Gasteiger partial charge in [-0.05, 0) is 12.5 Å². The number of amides is 2. The minimum Gasteiger partial charge on any atom is -0.394 e. The average Bonchev–Trinajstić information content (AvgIpc) is 2.72. The molecule has 0 saturated carbocycles. The van der Waals surface area contributed by atoms with Crippen LogP contribution in [0.25, 0.3) is 0 Å². The normalized spacial score (nSPS) is 37.2. The molecule has 18 heavy (non-hydrogen) atoms. The first-order valence-electron chi connectivity index (χ1n) is 5.61. The number of rotatable bonds is 2. The zero-order valence-corrected chi connectivity index (χ0v) is 10.6. The Morgan fingerprint density at radius 1 is 1.67 bits per heavy atom. The van der Waals surface area contributed by atoms with Gasteiger partial charge in [-0.15, -0.1) is 0 Å². The van der Waals surface area contributed by atoms with E-state index in [0.717, 1.165) is 4.42 Å². The minimum absolute atomic E-state index is 0.223. The lowest BCUT2D eigenvalue weighted by Gasteiger charge is -2.36. The summed E-state index contributed by atoms with van der Waals surface area (Å²) in [5, 5.41) is 18.6. The minimum atomic E-state index is -0.805. The van der Waals surface area contributed by atoms with Crippen molar-refractivity contribution in [2.24, 2.45) is 5.73 Å². The molecule has 0 aromatic heterocycles. The van der Waals surface area contributed by atoms with Gasteiger partial charge in [0.2, 0.25) is 0 Å². The number of nitrogens with two attached hydrogens (primary N) is 1. The van der Waals surface area contributed by atoms with E-state index < -0.39 is 30.6 Å². The lowest BCUT2D eigenvalue weighted by molar-refractivity contribution is -0.0565. The van der Waals surface area contributed by atoms with Gasteiger partial charge in [-0.3, -0.25) is 4.90 Å². The van der Waals surface area contributed by atoms with Gasteiger partial charge in [-0.1, -0.05) is 0 Å². The molecule has 2 aliphatic heterocycles. The van der Waals surface area contributed by atoms with Gasteiger partial charge in [0, 0.05) is 24.4 Å². The SMILES string of the molecule is CC1=CN([C@H]2C[C@H](O)[C@@H](CO)O2)C(=O)N(Cl)C1N. The molecule has 2 aliphatic rings. The van der Waals surface area contributed by atoms with E-state index in [1.807, 2.05) is 0 Å². The molecular weight excluding hydrogens is 262 g/mol. The average molecular weight is 278 g/mol. The third-order valence-corrected chi connectivity index (χ3v) is 3.51. The molecule has 1 saturated heterocycles. The Balaban J connectivity index is 2.17. The van der Waals surface area contributed by atoms with Crippen molar-refractivity contribution < 1.29 is 19.7 Å². The number of aliphatic hydroxyl groups is 2. The Morgan fingerprint density at radius 2 is 2.33 bits per heavy atom. The smallest absolute Gasteiger partial charge is 0.342 e. The summed E-state index contributed by atoms with van der Waals surface area (Å²) >= 11 is 5.80. The number of nitrogens with zero attached hydrogens (tertiary/aromatic N) is 2. The molecular formula is C10H16ClN3O4. The van der Waals surface area contributed by atoms with Crippen LogP contribution in [0, 0.1) is 0 Å². The standard InChI is InChI=1S/C10H16ClN3O4/c1-5-3-13(10(17)14(11)9(5)12)8-2-6(16)7(4-15)18-8/h3,6-9,15-16H,2,4,12H2,1H3/t6-,7+,8+,9?/m0/s1. The molecule has 4 N–H and O–H groups in total. The molecule has 102 valence electrons. The van der Waals surface area contributed by atoms with Crippen LogP contribution in [0.1, 0.15) is 13.3 Å². The van der Waals surface area contributed by atoms with Crippen molar-refractivity contribution in [3.05, 3.63) is 11.8 Å². The van der Waals surface area contributed by atoms with Crippen molar-refractivity contribution in [2.45, 2.75) is 37.9 Å². The summed E-state index contributed by atoms with van der Waals surface area (Å²) in [5.41, 5.74) is 6.41. The molecule has 0 aromatic rings. The molecule has 8 heteroatoms. The molecule has 1 fully saturated rings. The van der Waals surface area contributed by atoms with Crippen LogP contribution in [-0.2, 0) is 4.74 Å². The zero-order valence-electron chi connectivity index (χ0n) is 9.86. The maximum absolute atomic E-state index is 11.9. The second-order valence-electron chi connectivity index (χ2n) is 4.43. The van der Waals surface area contributed by atoms with E-state index in [1.54, 1.807) is 13.1 Å². The van der Waals surface area contributed by atoms with E-state index in [9.17, 15) is 9.90 Å². The van der Waals surface area contributed by atoms with E-state index in [-0.39, 0.29) is 13.0 Å². The molecule has 2 amide bonds. The molecule has 0 bridgehead atoms. The predicted octanol–water partition coefficient (Wildman–Crippen LogP) is -0.465. The first-order chi connectivity index (χ1) is 8.45. The van der Waals surface area contributed by atoms with Gasteiger partial charge in [0.05, 0.1) is 12.7 Å². The highest BCUT2D eigenvalue weighted by Crippen LogP contribution is 2.28. The monoisotopic (exact) mass is 277 g/mol. The molecule has 4 atom stereocenters. The fraction of sp³-hybridized carbons (Fsp3) is 0.700. The van der Waals surface area contributed by atoms with Crippen LogP contribution >= 0.6 is 11.8 Å². The van der Waals surface area contributed by atoms with E-state index in [0.29, 0.717) is 5.57 Å². The highest BCUT2D eigenvalue weighted by Gasteiger charge is 2.41. The Hall–Kier alpha value is -0.860. The van der Waals surface area contributed by atoms with Crippen molar-refractivity contribution in [1.82, 2.24) is 9.32 Å². The molecule has 2 rings (SSSR count). The van der Waals surface area contributed by atoms with Crippen LogP contribution in [0.2, 0.25) is 0 Å². The summed E-state index contributed by atoms with van der Waals surface area (Å²) in [4.78, 5) is 13.2. The summed E-state index contributed by atoms with van der Waals surface area (Å²) in [6, 6.07) is -0.509. The molecule has 0 radical (unpaired) electrons. The number of aliphatic hydroxyl groups excluding tert-OH is 2. The van der Waals surface area contributed by atoms with Crippen molar-refractivity contribution in [3.8, 4) is 0 Å². The number of carbonyl (C=O) groups excluding carboxylic acids is 1. The van der Waals surface area contributed by atoms with Crippen LogP contribution in [0.3, 0.4) is 0 Å². The topological polar surface area (TPSA) is 99.3 Å². The van der Waals surface area contributed by atoms with Crippen molar-refractivity contribution in [3.63, 3.8) is 0 Å². The number of carbonyl (C=O) groups is 1. The molecule has 2 heterocycles. The third-order valence-electron chi connectivity index (χ3n) is 3.15. The Bertz CT molecular complexity index is 378. The van der Waals surface area contributed by atoms with Crippen LogP contribution in [0.4, 0.5) is 4.79 Å². The van der Waals surface area contributed by atoms with Gasteiger partial charge < -0.3 is 20.7 Å². The van der Waals surface area contributed by atoms with Gasteiger partial charge in [-0.2, -0.15) is 0 Å². The lowest BCUT2D eigenvalue weighted by Crippen LogP contribution is -2.52. The van der Waals surface area contributed by atoms with Gasteiger partial charge in [0.15, 0.2) is 0 Å². The molecule has 0 aromatic carbocycles. The molecule has 0 aliphatic carbocycles. The fourth-order valence-electron chi connectivity index (χ4n) is 2.02. The summed E-state index contributed by atoms with van der Waals surface area (Å²) in [5.74, 6) is 0. The second-order valence-corrected chi connectivity index (χ2v) is 4.80. The number of hydrogen-bond donors (Lipinski definition) is 3. The molecule has 0 spiro atoms. The highest BCUT2D eigenvalue weighted by atomic mass is 35.5.